The van der Waals surface area contributed by atoms with Gasteiger partial charge < -0.3 is 4.74 Å². The maximum absolute atomic E-state index is 12.1. The van der Waals surface area contributed by atoms with Gasteiger partial charge in [0, 0.05) is 13.8 Å². The average Bonchev–Trinajstić information content (AvgIpc) is 1.98. The number of carbonyl (C=O) groups is 3. The van der Waals surface area contributed by atoms with Crippen LogP contribution in [-0.4, -0.2) is 28.2 Å². The van der Waals surface area contributed by atoms with Gasteiger partial charge in [-0.2, -0.15) is 13.2 Å². The quantitative estimate of drug-likeness (QED) is 0.580. The Labute approximate surface area is 105 Å². The fraction of sp³-hybridized carbons (Fsp3) is 0.625. The van der Waals surface area contributed by atoms with E-state index < -0.39 is 23.0 Å². The molecule has 4 nitrogen and oxygen atoms in total. The molecule has 0 fully saturated rings. The van der Waals surface area contributed by atoms with Crippen molar-refractivity contribution >= 4 is 39.7 Å². The summed E-state index contributed by atoms with van der Waals surface area (Å²) in [6.07, 6.45) is -5.02. The molecule has 0 saturated carbocycles. The summed E-state index contributed by atoms with van der Waals surface area (Å²) >= 11 is 9.31. The lowest BCUT2D eigenvalue weighted by atomic mass is 10.1. The van der Waals surface area contributed by atoms with Crippen LogP contribution < -0.4 is 0 Å². The van der Waals surface area contributed by atoms with Crippen molar-refractivity contribution in [1.82, 2.24) is 0 Å². The zero-order valence-corrected chi connectivity index (χ0v) is 10.5. The highest BCUT2D eigenvalue weighted by molar-refractivity contribution is 6.65. The molecule has 0 aliphatic heterocycles. The molecule has 0 heterocycles. The third kappa shape index (κ3) is 7.17. The van der Waals surface area contributed by atoms with Crippen molar-refractivity contribution < 1.29 is 32.3 Å². The molecular weight excluding hydrogens is 288 g/mol. The van der Waals surface area contributed by atoms with E-state index in [1.54, 1.807) is 0 Å². The van der Waals surface area contributed by atoms with Gasteiger partial charge in [-0.3, -0.25) is 14.4 Å². The van der Waals surface area contributed by atoms with Gasteiger partial charge in [-0.25, -0.2) is 0 Å². The van der Waals surface area contributed by atoms with E-state index in [2.05, 4.69) is 27.9 Å². The van der Waals surface area contributed by atoms with Crippen molar-refractivity contribution in [3.05, 3.63) is 0 Å². The predicted molar refractivity (Wildman–Crippen MR) is 53.6 cm³/mol. The summed E-state index contributed by atoms with van der Waals surface area (Å²) in [7, 11) is 0. The second-order valence-electron chi connectivity index (χ2n) is 2.87. The van der Waals surface area contributed by atoms with E-state index in [0.717, 1.165) is 6.92 Å². The van der Waals surface area contributed by atoms with Gasteiger partial charge in [0.05, 0.1) is 0 Å². The molecule has 17 heavy (non-hydrogen) atoms. The first-order valence-corrected chi connectivity index (χ1v) is 4.72. The molecule has 0 bridgehead atoms. The Hall–Kier alpha value is -0.820. The molecule has 0 rings (SSSR count). The Balaban J connectivity index is 0. The van der Waals surface area contributed by atoms with E-state index in [1.807, 2.05) is 0 Å². The first-order chi connectivity index (χ1) is 7.34. The molecule has 0 N–H and O–H groups in total. The van der Waals surface area contributed by atoms with Crippen LogP contribution in [0.2, 0.25) is 0 Å². The van der Waals surface area contributed by atoms with Crippen LogP contribution in [-0.2, 0) is 19.1 Å². The molecule has 0 aromatic rings. The van der Waals surface area contributed by atoms with Gasteiger partial charge in [-0.1, -0.05) is 0 Å². The van der Waals surface area contributed by atoms with Gasteiger partial charge in [0.1, 0.15) is 0 Å². The van der Waals surface area contributed by atoms with Gasteiger partial charge >= 0.3 is 12.1 Å². The summed E-state index contributed by atoms with van der Waals surface area (Å²) in [6.45, 7) is 2.44. The van der Waals surface area contributed by atoms with Crippen molar-refractivity contribution in [2.24, 2.45) is 0 Å². The maximum Gasteiger partial charge on any atom is 0.436 e. The van der Waals surface area contributed by atoms with Crippen LogP contribution in [0.5, 0.6) is 0 Å². The third-order valence-corrected chi connectivity index (χ3v) is 1.62. The van der Waals surface area contributed by atoms with Crippen molar-refractivity contribution in [1.29, 1.82) is 0 Å². The SMILES string of the molecule is CC(=O)Cl.CC(=O)O[C@](C)(C(=O)Cl)C(F)(F)F. The average molecular weight is 297 g/mol. The second-order valence-corrected chi connectivity index (χ2v) is 3.74. The number of hydrogen-bond donors (Lipinski definition) is 0. The Morgan fingerprint density at radius 3 is 1.41 bits per heavy atom. The highest BCUT2D eigenvalue weighted by atomic mass is 35.5. The van der Waals surface area contributed by atoms with Crippen LogP contribution in [0.25, 0.3) is 0 Å². The van der Waals surface area contributed by atoms with E-state index in [4.69, 9.17) is 0 Å². The maximum atomic E-state index is 12.1. The van der Waals surface area contributed by atoms with Crippen LogP contribution in [0.15, 0.2) is 0 Å². The van der Waals surface area contributed by atoms with Gasteiger partial charge in [-0.05, 0) is 30.1 Å². The minimum atomic E-state index is -5.02. The molecule has 1 atom stereocenters. The zero-order chi connectivity index (χ0) is 14.4. The number of halogens is 5. The molecule has 0 unspecified atom stereocenters. The highest BCUT2D eigenvalue weighted by Gasteiger charge is 2.59. The molecule has 0 amide bonds. The van der Waals surface area contributed by atoms with E-state index >= 15 is 0 Å². The van der Waals surface area contributed by atoms with Crippen molar-refractivity contribution in [3.63, 3.8) is 0 Å². The first-order valence-electron chi connectivity index (χ1n) is 3.97. The van der Waals surface area contributed by atoms with Crippen molar-refractivity contribution in [2.45, 2.75) is 32.5 Å². The number of alkyl halides is 3. The Bertz CT molecular complexity index is 312. The molecule has 0 saturated heterocycles. The minimum Gasteiger partial charge on any atom is -0.440 e. The fourth-order valence-electron chi connectivity index (χ4n) is 0.497. The van der Waals surface area contributed by atoms with E-state index in [-0.39, 0.29) is 5.24 Å². The minimum absolute atomic E-state index is 0.361. The Morgan fingerprint density at radius 1 is 1.06 bits per heavy atom. The van der Waals surface area contributed by atoms with Gasteiger partial charge in [0.2, 0.25) is 5.24 Å². The number of hydrogen-bond acceptors (Lipinski definition) is 4. The van der Waals surface area contributed by atoms with Crippen LogP contribution >= 0.6 is 23.2 Å². The highest BCUT2D eigenvalue weighted by Crippen LogP contribution is 2.35. The topological polar surface area (TPSA) is 60.4 Å². The summed E-state index contributed by atoms with van der Waals surface area (Å²) in [6, 6.07) is 0. The van der Waals surface area contributed by atoms with Crippen molar-refractivity contribution in [3.8, 4) is 0 Å². The number of ether oxygens (including phenoxy) is 1. The fourth-order valence-corrected chi connectivity index (χ4v) is 0.643. The van der Waals surface area contributed by atoms with E-state index in [0.29, 0.717) is 6.92 Å². The molecule has 100 valence electrons. The molecule has 0 aromatic carbocycles. The lowest BCUT2D eigenvalue weighted by Crippen LogP contribution is -2.50. The van der Waals surface area contributed by atoms with Gasteiger partial charge in [-0.15, -0.1) is 0 Å². The first kappa shape index (κ1) is 18.5. The monoisotopic (exact) mass is 296 g/mol. The van der Waals surface area contributed by atoms with Crippen LogP contribution in [0.4, 0.5) is 13.2 Å². The standard InChI is InChI=1S/C6H6ClF3O3.C2H3ClO/c1-3(11)13-5(2,4(7)12)6(8,9)10;1-2(3)4/h1-2H3;1H3/t5-;/m1./s1. The normalized spacial score (nSPS) is 13.9. The third-order valence-electron chi connectivity index (χ3n) is 1.26. The summed E-state index contributed by atoms with van der Waals surface area (Å²) in [5.74, 6) is -1.23. The molecule has 9 heteroatoms. The lowest BCUT2D eigenvalue weighted by Gasteiger charge is -2.26. The van der Waals surface area contributed by atoms with E-state index in [1.165, 1.54) is 6.92 Å². The molecule has 0 radical (unpaired) electrons. The summed E-state index contributed by atoms with van der Waals surface area (Å²) in [5.41, 5.74) is -3.26. The lowest BCUT2D eigenvalue weighted by molar-refractivity contribution is -0.250. The largest absolute Gasteiger partial charge is 0.440 e. The second kappa shape index (κ2) is 6.80. The van der Waals surface area contributed by atoms with Crippen LogP contribution in [0.3, 0.4) is 0 Å². The smallest absolute Gasteiger partial charge is 0.436 e. The Kier molecular flexibility index (Phi) is 7.42. The predicted octanol–water partition coefficient (Wildman–Crippen LogP) is 2.41. The number of esters is 1. The summed E-state index contributed by atoms with van der Waals surface area (Å²) in [4.78, 5) is 29.9. The molecule has 0 aromatic heterocycles. The molecule has 0 aliphatic carbocycles. The molecule has 0 spiro atoms. The summed E-state index contributed by atoms with van der Waals surface area (Å²) < 4.78 is 40.2. The molecule has 0 aliphatic rings. The molecular formula is C8H9Cl2F3O4. The van der Waals surface area contributed by atoms with Crippen LogP contribution in [0.1, 0.15) is 20.8 Å². The van der Waals surface area contributed by atoms with Crippen LogP contribution in [0, 0.1) is 0 Å². The number of rotatable bonds is 2. The number of carbonyl (C=O) groups excluding carboxylic acids is 3. The van der Waals surface area contributed by atoms with E-state index in [9.17, 15) is 27.6 Å². The van der Waals surface area contributed by atoms with Gasteiger partial charge in [0.25, 0.3) is 10.8 Å². The van der Waals surface area contributed by atoms with Gasteiger partial charge in [0.15, 0.2) is 0 Å². The summed E-state index contributed by atoms with van der Waals surface area (Å²) in [5, 5.41) is -2.14. The van der Waals surface area contributed by atoms with Crippen molar-refractivity contribution in [2.75, 3.05) is 0 Å². The Morgan fingerprint density at radius 2 is 1.35 bits per heavy atom. The zero-order valence-electron chi connectivity index (χ0n) is 9.02.